The van der Waals surface area contributed by atoms with Crippen molar-refractivity contribution in [2.24, 2.45) is 17.2 Å². The summed E-state index contributed by atoms with van der Waals surface area (Å²) in [5.41, 5.74) is 14.5. The first-order valence-corrected chi connectivity index (χ1v) is 2.37. The van der Waals surface area contributed by atoms with Gasteiger partial charge >= 0.3 is 0 Å². The molecule has 0 rings (SSSR count). The predicted octanol–water partition coefficient (Wildman–Crippen LogP) is -2.67. The minimum Gasteiger partial charge on any atom is -0.368 e. The zero-order valence-electron chi connectivity index (χ0n) is 4.83. The number of primary amides is 1. The van der Waals surface area contributed by atoms with Crippen molar-refractivity contribution in [2.45, 2.75) is 6.04 Å². The summed E-state index contributed by atoms with van der Waals surface area (Å²) in [6, 6.07) is -1.24. The molecule has 0 aromatic carbocycles. The number of amides is 1. The molecule has 0 saturated carbocycles. The van der Waals surface area contributed by atoms with Crippen LogP contribution in [0.5, 0.6) is 0 Å². The molecule has 0 radical (unpaired) electrons. The van der Waals surface area contributed by atoms with Crippen LogP contribution in [0.15, 0.2) is 0 Å². The van der Waals surface area contributed by atoms with Gasteiger partial charge in [-0.1, -0.05) is 0 Å². The Hall–Kier alpha value is -0.940. The fourth-order valence-corrected chi connectivity index (χ4v) is 0.286. The van der Waals surface area contributed by atoms with Crippen LogP contribution in [0.2, 0.25) is 0 Å². The highest BCUT2D eigenvalue weighted by atomic mass is 16.2. The highest BCUT2D eigenvalue weighted by molar-refractivity contribution is 6.05. The number of hydrogen-bond acceptors (Lipinski definition) is 4. The molecule has 5 nitrogen and oxygen atoms in total. The molecule has 0 heterocycles. The molecule has 9 heavy (non-hydrogen) atoms. The Labute approximate surface area is 52.2 Å². The first-order chi connectivity index (χ1) is 4.09. The van der Waals surface area contributed by atoms with Gasteiger partial charge in [0.05, 0.1) is 6.54 Å². The fourth-order valence-electron chi connectivity index (χ4n) is 0.286. The van der Waals surface area contributed by atoms with E-state index < -0.39 is 17.7 Å². The van der Waals surface area contributed by atoms with Crippen molar-refractivity contribution < 1.29 is 9.59 Å². The lowest BCUT2D eigenvalue weighted by atomic mass is 10.2. The van der Waals surface area contributed by atoms with Gasteiger partial charge in [0.2, 0.25) is 5.91 Å². The maximum atomic E-state index is 10.4. The average Bonchev–Trinajstić information content (AvgIpc) is 1.84. The van der Waals surface area contributed by atoms with Crippen LogP contribution in [0.4, 0.5) is 0 Å². The fraction of sp³-hybridized carbons (Fsp3) is 0.500. The molecule has 52 valence electrons. The van der Waals surface area contributed by atoms with E-state index in [0.717, 1.165) is 0 Å². The van der Waals surface area contributed by atoms with E-state index in [1.807, 2.05) is 0 Å². The van der Waals surface area contributed by atoms with Crippen LogP contribution >= 0.6 is 0 Å². The van der Waals surface area contributed by atoms with E-state index in [4.69, 9.17) is 11.5 Å². The molecule has 1 amide bonds. The first-order valence-electron chi connectivity index (χ1n) is 2.37. The summed E-state index contributed by atoms with van der Waals surface area (Å²) in [6.07, 6.45) is 0. The van der Waals surface area contributed by atoms with Gasteiger partial charge in [0.25, 0.3) is 0 Å². The quantitative estimate of drug-likeness (QED) is 0.362. The second-order valence-electron chi connectivity index (χ2n) is 1.55. The summed E-state index contributed by atoms with van der Waals surface area (Å²) >= 11 is 0. The third kappa shape index (κ3) is 2.20. The van der Waals surface area contributed by atoms with Gasteiger partial charge in [0, 0.05) is 0 Å². The SMILES string of the molecule is NCC(=O)C(N)C(N)=O. The Balaban J connectivity index is 3.88. The van der Waals surface area contributed by atoms with E-state index in [1.165, 1.54) is 0 Å². The van der Waals surface area contributed by atoms with Gasteiger partial charge < -0.3 is 17.2 Å². The largest absolute Gasteiger partial charge is 0.368 e. The van der Waals surface area contributed by atoms with Crippen LogP contribution in [0.3, 0.4) is 0 Å². The van der Waals surface area contributed by atoms with Crippen molar-refractivity contribution in [1.82, 2.24) is 0 Å². The first kappa shape index (κ1) is 8.06. The second-order valence-corrected chi connectivity index (χ2v) is 1.55. The molecule has 5 heteroatoms. The lowest BCUT2D eigenvalue weighted by Crippen LogP contribution is -2.45. The van der Waals surface area contributed by atoms with Crippen LogP contribution in [0.1, 0.15) is 0 Å². The number of hydrogen-bond donors (Lipinski definition) is 3. The molecule has 0 fully saturated rings. The maximum absolute atomic E-state index is 10.4. The van der Waals surface area contributed by atoms with Gasteiger partial charge in [-0.2, -0.15) is 0 Å². The standard InChI is InChI=1S/C4H9N3O2/c5-1-2(8)3(6)4(7)9/h3H,1,5-6H2,(H2,7,9). The molecule has 0 aliphatic carbocycles. The third-order valence-electron chi connectivity index (χ3n) is 0.855. The molecule has 0 bridgehead atoms. The number of nitrogens with two attached hydrogens (primary N) is 3. The lowest BCUT2D eigenvalue weighted by molar-refractivity contribution is -0.127. The van der Waals surface area contributed by atoms with E-state index in [9.17, 15) is 9.59 Å². The molecule has 0 spiro atoms. The average molecular weight is 131 g/mol. The Morgan fingerprint density at radius 2 is 1.89 bits per heavy atom. The van der Waals surface area contributed by atoms with Crippen LogP contribution in [-0.2, 0) is 9.59 Å². The van der Waals surface area contributed by atoms with Crippen LogP contribution in [0.25, 0.3) is 0 Å². The lowest BCUT2D eigenvalue weighted by Gasteiger charge is -2.01. The van der Waals surface area contributed by atoms with E-state index in [2.05, 4.69) is 5.73 Å². The molecule has 0 aromatic heterocycles. The van der Waals surface area contributed by atoms with Crippen molar-refractivity contribution in [1.29, 1.82) is 0 Å². The molecule has 0 aliphatic rings. The summed E-state index contributed by atoms with van der Waals surface area (Å²) in [6.45, 7) is -0.246. The van der Waals surface area contributed by atoms with Crippen molar-refractivity contribution in [3.63, 3.8) is 0 Å². The number of carbonyl (C=O) groups is 2. The molecular formula is C4H9N3O2. The summed E-state index contributed by atoms with van der Waals surface area (Å²) in [5, 5.41) is 0. The Morgan fingerprint density at radius 1 is 1.44 bits per heavy atom. The number of carbonyl (C=O) groups excluding carboxylic acids is 2. The topological polar surface area (TPSA) is 112 Å². The van der Waals surface area contributed by atoms with Crippen LogP contribution < -0.4 is 17.2 Å². The van der Waals surface area contributed by atoms with E-state index in [1.54, 1.807) is 0 Å². The second kappa shape index (κ2) is 3.16. The smallest absolute Gasteiger partial charge is 0.242 e. The van der Waals surface area contributed by atoms with Crippen molar-refractivity contribution in [3.05, 3.63) is 0 Å². The molecule has 0 aromatic rings. The monoisotopic (exact) mass is 131 g/mol. The minimum atomic E-state index is -1.24. The molecule has 6 N–H and O–H groups in total. The summed E-state index contributed by atoms with van der Waals surface area (Å²) in [7, 11) is 0. The summed E-state index contributed by atoms with van der Waals surface area (Å²) < 4.78 is 0. The third-order valence-corrected chi connectivity index (χ3v) is 0.855. The molecule has 1 unspecified atom stereocenters. The highest BCUT2D eigenvalue weighted by Gasteiger charge is 2.16. The van der Waals surface area contributed by atoms with E-state index in [0.29, 0.717) is 0 Å². The summed E-state index contributed by atoms with van der Waals surface area (Å²) in [5.74, 6) is -1.38. The van der Waals surface area contributed by atoms with Gasteiger partial charge in [-0.05, 0) is 0 Å². The van der Waals surface area contributed by atoms with Gasteiger partial charge in [0.15, 0.2) is 5.78 Å². The maximum Gasteiger partial charge on any atom is 0.242 e. The van der Waals surface area contributed by atoms with Gasteiger partial charge in [-0.25, -0.2) is 0 Å². The van der Waals surface area contributed by atoms with Crippen molar-refractivity contribution in [2.75, 3.05) is 6.54 Å². The number of rotatable bonds is 3. The minimum absolute atomic E-state index is 0.246. The highest BCUT2D eigenvalue weighted by Crippen LogP contribution is 1.75. The van der Waals surface area contributed by atoms with Crippen molar-refractivity contribution >= 4 is 11.7 Å². The zero-order valence-corrected chi connectivity index (χ0v) is 4.83. The zero-order chi connectivity index (χ0) is 7.44. The van der Waals surface area contributed by atoms with Crippen LogP contribution in [-0.4, -0.2) is 24.3 Å². The summed E-state index contributed by atoms with van der Waals surface area (Å²) in [4.78, 5) is 20.5. The Morgan fingerprint density at radius 3 is 2.00 bits per heavy atom. The Kier molecular flexibility index (Phi) is 2.83. The van der Waals surface area contributed by atoms with Gasteiger partial charge in [-0.15, -0.1) is 0 Å². The number of ketones is 1. The van der Waals surface area contributed by atoms with Gasteiger partial charge in [0.1, 0.15) is 6.04 Å². The van der Waals surface area contributed by atoms with E-state index in [-0.39, 0.29) is 6.54 Å². The molecule has 1 atom stereocenters. The Bertz CT molecular complexity index is 134. The van der Waals surface area contributed by atoms with Gasteiger partial charge in [-0.3, -0.25) is 9.59 Å². The molecule has 0 aliphatic heterocycles. The normalized spacial score (nSPS) is 12.7. The predicted molar refractivity (Wildman–Crippen MR) is 31.2 cm³/mol. The molecular weight excluding hydrogens is 122 g/mol. The molecule has 0 saturated heterocycles. The van der Waals surface area contributed by atoms with Crippen molar-refractivity contribution in [3.8, 4) is 0 Å². The number of Topliss-reactive ketones (excluding diaryl/α,β-unsaturated/α-hetero) is 1. The van der Waals surface area contributed by atoms with E-state index >= 15 is 0 Å². The van der Waals surface area contributed by atoms with Crippen LogP contribution in [0, 0.1) is 0 Å².